The number of amides is 2. The molecule has 0 fully saturated rings. The number of aliphatic hydroxyl groups excluding tert-OH is 1. The number of ether oxygens (including phenoxy) is 1. The molecule has 208 valence electrons. The standard InChI is InChI=1S/C29H46N2O5S/c1-4-5-6-7-8-9-10-11-12-13-14-15-16-17-18-19-26(33)36-24-29(2,3)27(34)28(35)31-21-20-25(32)30-22-23-37/h5-6,8-9,11-12,14-15,17-18,27,34,37H,4,7,10,13,16,19-24H2,1-3H3,(H,30,32)(H,31,35)/b6-5-,9-8-,12-11-,15-14-,18-17-/t27-/m0/s1. The Morgan fingerprint density at radius 1 is 0.838 bits per heavy atom. The minimum atomic E-state index is -1.38. The van der Waals surface area contributed by atoms with E-state index in [4.69, 9.17) is 4.74 Å². The second-order valence-corrected chi connectivity index (χ2v) is 9.53. The van der Waals surface area contributed by atoms with Crippen LogP contribution in [0.1, 0.15) is 65.7 Å². The smallest absolute Gasteiger partial charge is 0.309 e. The van der Waals surface area contributed by atoms with Gasteiger partial charge in [0.25, 0.3) is 0 Å². The lowest BCUT2D eigenvalue weighted by Gasteiger charge is -2.28. The van der Waals surface area contributed by atoms with Gasteiger partial charge in [-0.2, -0.15) is 12.6 Å². The van der Waals surface area contributed by atoms with Crippen LogP contribution in [0.5, 0.6) is 0 Å². The minimum Gasteiger partial charge on any atom is -0.465 e. The highest BCUT2D eigenvalue weighted by atomic mass is 32.1. The van der Waals surface area contributed by atoms with Gasteiger partial charge in [0, 0.05) is 30.7 Å². The summed E-state index contributed by atoms with van der Waals surface area (Å²) in [4.78, 5) is 35.7. The SMILES string of the molecule is CC/C=C\C/C=C\C/C=C\C/C=C\C/C=C\CC(=O)OCC(C)(C)[C@@H](O)C(=O)NCCC(=O)NCCS. The minimum absolute atomic E-state index is 0.104. The molecule has 0 bridgehead atoms. The Bertz CT molecular complexity index is 800. The summed E-state index contributed by atoms with van der Waals surface area (Å²) in [6, 6.07) is 0. The first kappa shape index (κ1) is 34.4. The van der Waals surface area contributed by atoms with Crippen molar-refractivity contribution in [3.05, 3.63) is 60.8 Å². The average Bonchev–Trinajstić information content (AvgIpc) is 2.87. The maximum atomic E-state index is 12.2. The number of thiol groups is 1. The first-order chi connectivity index (χ1) is 17.7. The van der Waals surface area contributed by atoms with Gasteiger partial charge in [-0.25, -0.2) is 0 Å². The van der Waals surface area contributed by atoms with E-state index in [-0.39, 0.29) is 31.9 Å². The molecule has 37 heavy (non-hydrogen) atoms. The average molecular weight is 535 g/mol. The maximum absolute atomic E-state index is 12.2. The first-order valence-electron chi connectivity index (χ1n) is 13.0. The second-order valence-electron chi connectivity index (χ2n) is 9.08. The molecule has 0 heterocycles. The Balaban J connectivity index is 4.08. The van der Waals surface area contributed by atoms with Gasteiger partial charge in [-0.3, -0.25) is 14.4 Å². The maximum Gasteiger partial charge on any atom is 0.309 e. The molecule has 0 radical (unpaired) electrons. The van der Waals surface area contributed by atoms with Gasteiger partial charge in [-0.1, -0.05) is 81.5 Å². The Morgan fingerprint density at radius 2 is 1.35 bits per heavy atom. The lowest BCUT2D eigenvalue weighted by molar-refractivity contribution is -0.152. The van der Waals surface area contributed by atoms with Crippen molar-refractivity contribution in [1.29, 1.82) is 0 Å². The molecule has 0 unspecified atom stereocenters. The summed E-state index contributed by atoms with van der Waals surface area (Å²) in [5, 5.41) is 15.5. The molecular formula is C29H46N2O5S. The number of rotatable bonds is 20. The molecule has 0 aromatic rings. The molecule has 1 atom stereocenters. The third kappa shape index (κ3) is 20.2. The summed E-state index contributed by atoms with van der Waals surface area (Å²) in [6.45, 7) is 5.86. The molecular weight excluding hydrogens is 488 g/mol. The Labute approximate surface area is 228 Å². The highest BCUT2D eigenvalue weighted by Gasteiger charge is 2.34. The number of allylic oxidation sites excluding steroid dienone is 9. The van der Waals surface area contributed by atoms with Crippen LogP contribution in [0.3, 0.4) is 0 Å². The van der Waals surface area contributed by atoms with Crippen molar-refractivity contribution < 1.29 is 24.2 Å². The second kappa shape index (κ2) is 22.6. The molecule has 0 rings (SSSR count). The molecule has 0 aliphatic rings. The zero-order valence-electron chi connectivity index (χ0n) is 22.7. The van der Waals surface area contributed by atoms with Gasteiger partial charge >= 0.3 is 5.97 Å². The third-order valence-electron chi connectivity index (χ3n) is 5.12. The van der Waals surface area contributed by atoms with Gasteiger partial charge in [-0.15, -0.1) is 0 Å². The Kier molecular flexibility index (Phi) is 21.0. The molecule has 2 amide bonds. The third-order valence-corrected chi connectivity index (χ3v) is 5.34. The van der Waals surface area contributed by atoms with Crippen molar-refractivity contribution in [1.82, 2.24) is 10.6 Å². The number of hydrogen-bond acceptors (Lipinski definition) is 6. The van der Waals surface area contributed by atoms with Crippen LogP contribution in [0.25, 0.3) is 0 Å². The molecule has 0 aromatic heterocycles. The first-order valence-corrected chi connectivity index (χ1v) is 13.6. The molecule has 0 aliphatic heterocycles. The molecule has 0 aromatic carbocycles. The number of carbonyl (C=O) groups is 3. The number of hydrogen-bond donors (Lipinski definition) is 4. The molecule has 0 aliphatic carbocycles. The topological polar surface area (TPSA) is 105 Å². The van der Waals surface area contributed by atoms with E-state index in [9.17, 15) is 19.5 Å². The van der Waals surface area contributed by atoms with Crippen molar-refractivity contribution in [3.63, 3.8) is 0 Å². The zero-order valence-corrected chi connectivity index (χ0v) is 23.6. The quantitative estimate of drug-likeness (QED) is 0.104. The largest absolute Gasteiger partial charge is 0.465 e. The molecule has 0 spiro atoms. The van der Waals surface area contributed by atoms with Crippen LogP contribution in [0.2, 0.25) is 0 Å². The van der Waals surface area contributed by atoms with Crippen LogP contribution in [0, 0.1) is 5.41 Å². The van der Waals surface area contributed by atoms with Crippen molar-refractivity contribution >= 4 is 30.4 Å². The summed E-state index contributed by atoms with van der Waals surface area (Å²) in [5.74, 6) is -0.707. The zero-order chi connectivity index (χ0) is 27.8. The summed E-state index contributed by atoms with van der Waals surface area (Å²) >= 11 is 4.01. The van der Waals surface area contributed by atoms with E-state index in [0.717, 1.165) is 32.1 Å². The summed E-state index contributed by atoms with van der Waals surface area (Å²) in [6.07, 6.45) is 24.1. The molecule has 0 saturated carbocycles. The Morgan fingerprint density at radius 3 is 1.86 bits per heavy atom. The van der Waals surface area contributed by atoms with Gasteiger partial charge in [0.05, 0.1) is 13.0 Å². The van der Waals surface area contributed by atoms with Gasteiger partial charge in [0.2, 0.25) is 11.8 Å². The van der Waals surface area contributed by atoms with E-state index in [0.29, 0.717) is 12.3 Å². The summed E-state index contributed by atoms with van der Waals surface area (Å²) < 4.78 is 5.25. The van der Waals surface area contributed by atoms with Crippen molar-refractivity contribution in [2.45, 2.75) is 71.8 Å². The van der Waals surface area contributed by atoms with Crippen molar-refractivity contribution in [3.8, 4) is 0 Å². The fourth-order valence-corrected chi connectivity index (χ4v) is 2.98. The van der Waals surface area contributed by atoms with Crippen LogP contribution < -0.4 is 10.6 Å². The van der Waals surface area contributed by atoms with Gasteiger partial charge in [0.1, 0.15) is 6.10 Å². The number of carbonyl (C=O) groups excluding carboxylic acids is 3. The van der Waals surface area contributed by atoms with Gasteiger partial charge < -0.3 is 20.5 Å². The predicted molar refractivity (Wildman–Crippen MR) is 154 cm³/mol. The summed E-state index contributed by atoms with van der Waals surface area (Å²) in [7, 11) is 0. The van der Waals surface area contributed by atoms with Crippen LogP contribution in [0.15, 0.2) is 60.8 Å². The lowest BCUT2D eigenvalue weighted by Crippen LogP contribution is -2.47. The van der Waals surface area contributed by atoms with E-state index in [1.54, 1.807) is 19.9 Å². The van der Waals surface area contributed by atoms with Crippen LogP contribution in [-0.4, -0.2) is 54.4 Å². The van der Waals surface area contributed by atoms with E-state index >= 15 is 0 Å². The molecule has 8 heteroatoms. The fraction of sp³-hybridized carbons (Fsp3) is 0.552. The number of nitrogens with one attached hydrogen (secondary N) is 2. The number of aliphatic hydroxyl groups is 1. The van der Waals surface area contributed by atoms with Crippen molar-refractivity contribution in [2.75, 3.05) is 25.4 Å². The van der Waals surface area contributed by atoms with E-state index in [1.165, 1.54) is 0 Å². The molecule has 7 nitrogen and oxygen atoms in total. The fourth-order valence-electron chi connectivity index (χ4n) is 2.87. The van der Waals surface area contributed by atoms with Crippen molar-refractivity contribution in [2.24, 2.45) is 5.41 Å². The number of esters is 1. The summed E-state index contributed by atoms with van der Waals surface area (Å²) in [5.41, 5.74) is -0.976. The van der Waals surface area contributed by atoms with Crippen LogP contribution in [-0.2, 0) is 19.1 Å². The molecule has 3 N–H and O–H groups in total. The van der Waals surface area contributed by atoms with E-state index in [1.807, 2.05) is 12.2 Å². The van der Waals surface area contributed by atoms with E-state index < -0.39 is 23.4 Å². The van der Waals surface area contributed by atoms with Gasteiger partial charge in [-0.05, 0) is 32.1 Å². The van der Waals surface area contributed by atoms with Crippen LogP contribution in [0.4, 0.5) is 0 Å². The van der Waals surface area contributed by atoms with Crippen LogP contribution >= 0.6 is 12.6 Å². The normalized spacial score (nSPS) is 13.3. The highest BCUT2D eigenvalue weighted by molar-refractivity contribution is 7.80. The van der Waals surface area contributed by atoms with E-state index in [2.05, 4.69) is 72.7 Å². The monoisotopic (exact) mass is 534 g/mol. The Hall–Kier alpha value is -2.58. The predicted octanol–water partition coefficient (Wildman–Crippen LogP) is 4.61. The lowest BCUT2D eigenvalue weighted by atomic mass is 9.87. The van der Waals surface area contributed by atoms with Gasteiger partial charge in [0.15, 0.2) is 0 Å². The highest BCUT2D eigenvalue weighted by Crippen LogP contribution is 2.21. The molecule has 0 saturated heterocycles.